The Morgan fingerprint density at radius 1 is 1.26 bits per heavy atom. The summed E-state index contributed by atoms with van der Waals surface area (Å²) in [4.78, 5) is 11.8. The fourth-order valence-corrected chi connectivity index (χ4v) is 2.11. The number of carbonyl (C=O) groups excluding carboxylic acids is 1. The zero-order valence-electron chi connectivity index (χ0n) is 12.2. The van der Waals surface area contributed by atoms with Gasteiger partial charge in [0.15, 0.2) is 6.61 Å². The molecule has 0 bridgehead atoms. The molecule has 1 aromatic rings. The maximum atomic E-state index is 11.8. The molecule has 0 aliphatic rings. The number of hydrogen-bond donors (Lipinski definition) is 2. The fraction of sp³-hybridized carbons (Fsp3) is 0.533. The summed E-state index contributed by atoms with van der Waals surface area (Å²) in [6.45, 7) is 8.02. The molecule has 0 atom stereocenters. The first-order valence-corrected chi connectivity index (χ1v) is 6.76. The zero-order valence-corrected chi connectivity index (χ0v) is 12.2. The second-order valence-corrected chi connectivity index (χ2v) is 4.85. The Morgan fingerprint density at radius 2 is 1.79 bits per heavy atom. The first-order chi connectivity index (χ1) is 8.97. The monoisotopic (exact) mass is 264 g/mol. The number of rotatable bonds is 6. The number of amides is 1. The van der Waals surface area contributed by atoms with Gasteiger partial charge >= 0.3 is 0 Å². The van der Waals surface area contributed by atoms with Crippen LogP contribution in [0, 0.1) is 13.8 Å². The lowest BCUT2D eigenvalue weighted by molar-refractivity contribution is -0.123. The lowest BCUT2D eigenvalue weighted by Crippen LogP contribution is -2.37. The number of hydrogen-bond acceptors (Lipinski definition) is 3. The Kier molecular flexibility index (Phi) is 5.67. The molecule has 1 rings (SSSR count). The Bertz CT molecular complexity index is 417. The summed E-state index contributed by atoms with van der Waals surface area (Å²) in [6, 6.07) is 3.92. The average molecular weight is 264 g/mol. The highest BCUT2D eigenvalue weighted by molar-refractivity contribution is 5.78. The highest BCUT2D eigenvalue weighted by Gasteiger charge is 2.11. The highest BCUT2D eigenvalue weighted by Crippen LogP contribution is 2.25. The van der Waals surface area contributed by atoms with Crippen molar-refractivity contribution in [1.29, 1.82) is 0 Å². The molecule has 0 unspecified atom stereocenters. The van der Waals surface area contributed by atoms with Crippen LogP contribution in [0.15, 0.2) is 12.1 Å². The molecule has 19 heavy (non-hydrogen) atoms. The number of nitrogen functional groups attached to an aromatic ring is 1. The third-order valence-corrected chi connectivity index (χ3v) is 3.18. The molecule has 0 aromatic heterocycles. The van der Waals surface area contributed by atoms with Crippen LogP contribution in [0.2, 0.25) is 0 Å². The van der Waals surface area contributed by atoms with Crippen molar-refractivity contribution >= 4 is 11.6 Å². The minimum absolute atomic E-state index is 0.0437. The van der Waals surface area contributed by atoms with E-state index in [1.165, 1.54) is 0 Å². The number of anilines is 1. The van der Waals surface area contributed by atoms with Gasteiger partial charge in [-0.25, -0.2) is 0 Å². The molecule has 4 nitrogen and oxygen atoms in total. The van der Waals surface area contributed by atoms with Crippen molar-refractivity contribution in [3.05, 3.63) is 23.3 Å². The molecule has 0 aliphatic carbocycles. The molecular weight excluding hydrogens is 240 g/mol. The van der Waals surface area contributed by atoms with Crippen LogP contribution in [0.1, 0.15) is 37.8 Å². The van der Waals surface area contributed by atoms with Crippen LogP contribution in [0.4, 0.5) is 5.69 Å². The van der Waals surface area contributed by atoms with E-state index in [4.69, 9.17) is 10.5 Å². The van der Waals surface area contributed by atoms with Crippen LogP contribution in [0.25, 0.3) is 0 Å². The van der Waals surface area contributed by atoms with Crippen molar-refractivity contribution < 1.29 is 9.53 Å². The van der Waals surface area contributed by atoms with Crippen molar-refractivity contribution in [2.75, 3.05) is 12.3 Å². The summed E-state index contributed by atoms with van der Waals surface area (Å²) < 4.78 is 5.61. The first kappa shape index (κ1) is 15.3. The van der Waals surface area contributed by atoms with Gasteiger partial charge in [0.25, 0.3) is 5.91 Å². The van der Waals surface area contributed by atoms with Crippen LogP contribution in [-0.2, 0) is 4.79 Å². The van der Waals surface area contributed by atoms with Crippen LogP contribution >= 0.6 is 0 Å². The SMILES string of the molecule is CCC(CC)NC(=O)COc1c(C)cc(N)cc1C. The lowest BCUT2D eigenvalue weighted by atomic mass is 10.1. The van der Waals surface area contributed by atoms with Gasteiger partial charge < -0.3 is 15.8 Å². The highest BCUT2D eigenvalue weighted by atomic mass is 16.5. The van der Waals surface area contributed by atoms with Crippen molar-refractivity contribution in [1.82, 2.24) is 5.32 Å². The van der Waals surface area contributed by atoms with Crippen LogP contribution in [0.3, 0.4) is 0 Å². The summed E-state index contributed by atoms with van der Waals surface area (Å²) in [5.74, 6) is 0.665. The van der Waals surface area contributed by atoms with Crippen molar-refractivity contribution in [2.24, 2.45) is 0 Å². The van der Waals surface area contributed by atoms with Crippen molar-refractivity contribution in [3.8, 4) is 5.75 Å². The topological polar surface area (TPSA) is 64.3 Å². The molecule has 4 heteroatoms. The lowest BCUT2D eigenvalue weighted by Gasteiger charge is -2.16. The van der Waals surface area contributed by atoms with Crippen LogP contribution < -0.4 is 15.8 Å². The number of ether oxygens (including phenoxy) is 1. The van der Waals surface area contributed by atoms with Gasteiger partial charge in [-0.1, -0.05) is 13.8 Å². The minimum atomic E-state index is -0.0793. The molecule has 0 saturated heterocycles. The molecule has 0 saturated carbocycles. The summed E-state index contributed by atoms with van der Waals surface area (Å²) in [5, 5.41) is 2.95. The molecule has 0 aliphatic heterocycles. The van der Waals surface area contributed by atoms with E-state index in [0.29, 0.717) is 5.69 Å². The molecule has 1 amide bonds. The van der Waals surface area contributed by atoms with Gasteiger partial charge in [-0.15, -0.1) is 0 Å². The summed E-state index contributed by atoms with van der Waals surface area (Å²) in [5.41, 5.74) is 8.37. The standard InChI is InChI=1S/C15H24N2O2/c1-5-13(6-2)17-14(18)9-19-15-10(3)7-12(16)8-11(15)4/h7-8,13H,5-6,9,16H2,1-4H3,(H,17,18). The number of nitrogens with one attached hydrogen (secondary N) is 1. The maximum absolute atomic E-state index is 11.8. The quantitative estimate of drug-likeness (QED) is 0.776. The number of nitrogens with two attached hydrogens (primary N) is 1. The second kappa shape index (κ2) is 7.02. The molecule has 1 aromatic carbocycles. The van der Waals surface area contributed by atoms with Gasteiger partial charge in [0.1, 0.15) is 5.75 Å². The number of aryl methyl sites for hydroxylation is 2. The molecular formula is C15H24N2O2. The normalized spacial score (nSPS) is 10.6. The zero-order chi connectivity index (χ0) is 14.4. The van der Waals surface area contributed by atoms with Gasteiger partial charge in [-0.05, 0) is 49.9 Å². The Hall–Kier alpha value is -1.71. The first-order valence-electron chi connectivity index (χ1n) is 6.76. The summed E-state index contributed by atoms with van der Waals surface area (Å²) in [6.07, 6.45) is 1.87. The predicted molar refractivity (Wildman–Crippen MR) is 78.3 cm³/mol. The third-order valence-electron chi connectivity index (χ3n) is 3.18. The Balaban J connectivity index is 2.60. The molecule has 106 valence electrons. The average Bonchev–Trinajstić information content (AvgIpc) is 2.34. The Morgan fingerprint density at radius 3 is 2.26 bits per heavy atom. The van der Waals surface area contributed by atoms with E-state index in [1.54, 1.807) is 0 Å². The molecule has 0 spiro atoms. The van der Waals surface area contributed by atoms with Crippen molar-refractivity contribution in [2.45, 2.75) is 46.6 Å². The van der Waals surface area contributed by atoms with Crippen molar-refractivity contribution in [3.63, 3.8) is 0 Å². The predicted octanol–water partition coefficient (Wildman–Crippen LogP) is 2.57. The van der Waals surface area contributed by atoms with E-state index < -0.39 is 0 Å². The van der Waals surface area contributed by atoms with E-state index in [1.807, 2.05) is 26.0 Å². The van der Waals surface area contributed by atoms with E-state index in [-0.39, 0.29) is 18.6 Å². The van der Waals surface area contributed by atoms with Gasteiger partial charge in [0.05, 0.1) is 0 Å². The van der Waals surface area contributed by atoms with E-state index in [2.05, 4.69) is 19.2 Å². The largest absolute Gasteiger partial charge is 0.483 e. The molecule has 0 heterocycles. The second-order valence-electron chi connectivity index (χ2n) is 4.85. The minimum Gasteiger partial charge on any atom is -0.483 e. The molecule has 0 fully saturated rings. The van der Waals surface area contributed by atoms with Gasteiger partial charge in [0.2, 0.25) is 0 Å². The summed E-state index contributed by atoms with van der Waals surface area (Å²) >= 11 is 0. The number of carbonyl (C=O) groups is 1. The van der Waals surface area contributed by atoms with Gasteiger partial charge in [0, 0.05) is 11.7 Å². The number of benzene rings is 1. The fourth-order valence-electron chi connectivity index (χ4n) is 2.11. The smallest absolute Gasteiger partial charge is 0.258 e. The third kappa shape index (κ3) is 4.47. The van der Waals surface area contributed by atoms with Gasteiger partial charge in [-0.2, -0.15) is 0 Å². The maximum Gasteiger partial charge on any atom is 0.258 e. The van der Waals surface area contributed by atoms with Crippen LogP contribution in [0.5, 0.6) is 5.75 Å². The van der Waals surface area contributed by atoms with E-state index >= 15 is 0 Å². The van der Waals surface area contributed by atoms with E-state index in [0.717, 1.165) is 29.7 Å². The molecule has 3 N–H and O–H groups in total. The molecule has 0 radical (unpaired) electrons. The van der Waals surface area contributed by atoms with Crippen LogP contribution in [-0.4, -0.2) is 18.6 Å². The van der Waals surface area contributed by atoms with E-state index in [9.17, 15) is 4.79 Å². The Labute approximate surface area is 115 Å². The van der Waals surface area contributed by atoms with Gasteiger partial charge in [-0.3, -0.25) is 4.79 Å². The summed E-state index contributed by atoms with van der Waals surface area (Å²) in [7, 11) is 0.